The molecule has 8 nitrogen and oxygen atoms in total. The predicted molar refractivity (Wildman–Crippen MR) is 79.1 cm³/mol. The van der Waals surface area contributed by atoms with Gasteiger partial charge in [0.25, 0.3) is 0 Å². The van der Waals surface area contributed by atoms with Crippen LogP contribution in [0, 0.1) is 0 Å². The number of hydrogen-bond acceptors (Lipinski definition) is 7. The molecule has 0 amide bonds. The van der Waals surface area contributed by atoms with Gasteiger partial charge in [0.05, 0.1) is 6.04 Å². The molecule has 23 heavy (non-hydrogen) atoms. The molecule has 0 aromatic heterocycles. The summed E-state index contributed by atoms with van der Waals surface area (Å²) in [5.41, 5.74) is 1.52. The minimum atomic E-state index is -1.81. The molecule has 0 aromatic carbocycles. The number of aliphatic hydroxyl groups is 4. The second-order valence-electron chi connectivity index (χ2n) is 5.49. The molecule has 1 fully saturated rings. The van der Waals surface area contributed by atoms with Crippen LogP contribution in [0.25, 0.3) is 0 Å². The first-order valence-corrected chi connectivity index (χ1v) is 7.29. The van der Waals surface area contributed by atoms with E-state index in [1.165, 1.54) is 5.57 Å². The van der Waals surface area contributed by atoms with Gasteiger partial charge in [-0.3, -0.25) is 0 Å². The molecule has 2 heterocycles. The maximum absolute atomic E-state index is 10.4. The van der Waals surface area contributed by atoms with Crippen molar-refractivity contribution in [2.24, 2.45) is 0 Å². The molecule has 8 heteroatoms. The minimum absolute atomic E-state index is 0.593. The quantitative estimate of drug-likeness (QED) is 0.324. The van der Waals surface area contributed by atoms with Crippen molar-refractivity contribution < 1.29 is 35.1 Å². The number of carboxylic acid groups (broad SMARTS) is 1. The number of hydrogen-bond donors (Lipinski definition) is 6. The fourth-order valence-electron chi connectivity index (χ4n) is 2.51. The number of rotatable bonds is 1. The summed E-state index contributed by atoms with van der Waals surface area (Å²) < 4.78 is 4.34. The molecule has 6 atom stereocenters. The van der Waals surface area contributed by atoms with Gasteiger partial charge in [-0.15, -0.1) is 0 Å². The van der Waals surface area contributed by atoms with Gasteiger partial charge in [0, 0.05) is 0 Å². The van der Waals surface area contributed by atoms with Crippen LogP contribution in [-0.4, -0.2) is 68.2 Å². The van der Waals surface area contributed by atoms with Crippen LogP contribution in [0.4, 0.5) is 0 Å². The zero-order valence-electron chi connectivity index (χ0n) is 12.3. The van der Waals surface area contributed by atoms with Gasteiger partial charge < -0.3 is 35.6 Å². The lowest BCUT2D eigenvalue weighted by atomic mass is 9.94. The molecule has 1 aliphatic carbocycles. The van der Waals surface area contributed by atoms with Crippen molar-refractivity contribution >= 4 is 5.97 Å². The lowest BCUT2D eigenvalue weighted by Crippen LogP contribution is -2.59. The topological polar surface area (TPSA) is 139 Å². The normalized spacial score (nSPS) is 38.5. The summed E-state index contributed by atoms with van der Waals surface area (Å²) in [6.45, 7) is 0. The van der Waals surface area contributed by atoms with Gasteiger partial charge in [-0.2, -0.15) is 0 Å². The van der Waals surface area contributed by atoms with Gasteiger partial charge >= 0.3 is 5.97 Å². The Kier molecular flexibility index (Phi) is 5.91. The molecule has 0 saturated carbocycles. The molecular weight excluding hydrogens is 306 g/mol. The van der Waals surface area contributed by atoms with E-state index in [2.05, 4.69) is 34.4 Å². The van der Waals surface area contributed by atoms with Crippen LogP contribution in [0.15, 0.2) is 36.1 Å². The lowest BCUT2D eigenvalue weighted by molar-refractivity contribution is -0.279. The molecule has 0 radical (unpaired) electrons. The summed E-state index contributed by atoms with van der Waals surface area (Å²) in [5, 5.41) is 47.7. The van der Waals surface area contributed by atoms with E-state index < -0.39 is 36.7 Å². The molecule has 6 N–H and O–H groups in total. The van der Waals surface area contributed by atoms with Gasteiger partial charge in [-0.1, -0.05) is 18.2 Å². The number of fused-ring (bicyclic) bond motifs is 1. The minimum Gasteiger partial charge on any atom is -0.479 e. The molecule has 3 aliphatic rings. The fraction of sp³-hybridized carbons (Fsp3) is 0.533. The Labute approximate surface area is 133 Å². The Morgan fingerprint density at radius 1 is 1.13 bits per heavy atom. The molecule has 2 aliphatic heterocycles. The predicted octanol–water partition coefficient (Wildman–Crippen LogP) is -1.38. The maximum Gasteiger partial charge on any atom is 0.335 e. The molecule has 0 bridgehead atoms. The number of aliphatic hydroxyl groups excluding tert-OH is 4. The summed E-state index contributed by atoms with van der Waals surface area (Å²) in [4.78, 5) is 10.4. The zero-order chi connectivity index (χ0) is 17.0. The summed E-state index contributed by atoms with van der Waals surface area (Å²) in [6, 6.07) is 0.593. The average molecular weight is 327 g/mol. The van der Waals surface area contributed by atoms with Crippen molar-refractivity contribution in [3.63, 3.8) is 0 Å². The lowest BCUT2D eigenvalue weighted by Gasteiger charge is -2.36. The van der Waals surface area contributed by atoms with Crippen LogP contribution in [0.2, 0.25) is 0 Å². The first-order valence-electron chi connectivity index (χ1n) is 7.29. The van der Waals surface area contributed by atoms with E-state index >= 15 is 0 Å². The van der Waals surface area contributed by atoms with E-state index in [9.17, 15) is 4.79 Å². The smallest absolute Gasteiger partial charge is 0.335 e. The maximum atomic E-state index is 10.4. The van der Waals surface area contributed by atoms with Crippen molar-refractivity contribution in [2.75, 3.05) is 0 Å². The Morgan fingerprint density at radius 3 is 2.52 bits per heavy atom. The average Bonchev–Trinajstić information content (AvgIpc) is 2.56. The number of allylic oxidation sites excluding steroid dienone is 3. The van der Waals surface area contributed by atoms with Crippen LogP contribution < -0.4 is 5.32 Å². The zero-order valence-corrected chi connectivity index (χ0v) is 12.3. The largest absolute Gasteiger partial charge is 0.479 e. The van der Waals surface area contributed by atoms with Crippen LogP contribution in [0.5, 0.6) is 0 Å². The third kappa shape index (κ3) is 4.18. The van der Waals surface area contributed by atoms with E-state index in [1.54, 1.807) is 0 Å². The fourth-order valence-corrected chi connectivity index (χ4v) is 2.51. The van der Waals surface area contributed by atoms with Crippen LogP contribution in [0.1, 0.15) is 12.8 Å². The molecule has 1 unspecified atom stereocenters. The van der Waals surface area contributed by atoms with Crippen LogP contribution in [-0.2, 0) is 9.53 Å². The SMILES string of the molecule is C1=CNC2CC=CCC2=C1.O=C(O)[C@H]1O[C@@H](O)[C@H](O)[C@@H](O)[C@@H]1O. The van der Waals surface area contributed by atoms with Gasteiger partial charge in [-0.25, -0.2) is 4.79 Å². The number of nitrogens with one attached hydrogen (secondary N) is 1. The van der Waals surface area contributed by atoms with Crippen LogP contribution in [0.3, 0.4) is 0 Å². The number of ether oxygens (including phenoxy) is 1. The van der Waals surface area contributed by atoms with Crippen molar-refractivity contribution in [3.8, 4) is 0 Å². The number of aliphatic carboxylic acids is 1. The number of carboxylic acids is 1. The Bertz CT molecular complexity index is 516. The molecule has 3 rings (SSSR count). The summed E-state index contributed by atoms with van der Waals surface area (Å²) >= 11 is 0. The van der Waals surface area contributed by atoms with E-state index in [4.69, 9.17) is 25.5 Å². The van der Waals surface area contributed by atoms with E-state index in [1.807, 2.05) is 6.20 Å². The van der Waals surface area contributed by atoms with Gasteiger partial charge in [0.2, 0.25) is 0 Å². The summed E-state index contributed by atoms with van der Waals surface area (Å²) in [7, 11) is 0. The Balaban J connectivity index is 0.000000172. The highest BCUT2D eigenvalue weighted by Crippen LogP contribution is 2.20. The molecular formula is C15H21NO7. The molecule has 0 aromatic rings. The third-order valence-electron chi connectivity index (χ3n) is 3.88. The van der Waals surface area contributed by atoms with Gasteiger partial charge in [0.15, 0.2) is 12.4 Å². The first kappa shape index (κ1) is 17.6. The van der Waals surface area contributed by atoms with E-state index in [-0.39, 0.29) is 0 Å². The third-order valence-corrected chi connectivity index (χ3v) is 3.88. The summed E-state index contributed by atoms with van der Waals surface area (Å²) in [6.07, 6.45) is 4.35. The number of carbonyl (C=O) groups is 1. The summed E-state index contributed by atoms with van der Waals surface area (Å²) in [5.74, 6) is -1.52. The highest BCUT2D eigenvalue weighted by Gasteiger charge is 2.46. The van der Waals surface area contributed by atoms with E-state index in [0.29, 0.717) is 6.04 Å². The van der Waals surface area contributed by atoms with Gasteiger partial charge in [0.1, 0.15) is 18.3 Å². The highest BCUT2D eigenvalue weighted by molar-refractivity contribution is 5.73. The monoisotopic (exact) mass is 327 g/mol. The second-order valence-corrected chi connectivity index (χ2v) is 5.49. The van der Waals surface area contributed by atoms with Crippen molar-refractivity contribution in [1.29, 1.82) is 0 Å². The van der Waals surface area contributed by atoms with E-state index in [0.717, 1.165) is 12.8 Å². The van der Waals surface area contributed by atoms with Crippen molar-refractivity contribution in [3.05, 3.63) is 36.1 Å². The van der Waals surface area contributed by atoms with Crippen molar-refractivity contribution in [1.82, 2.24) is 5.32 Å². The first-order chi connectivity index (χ1) is 10.9. The molecule has 1 saturated heterocycles. The Hall–Kier alpha value is -1.71. The molecule has 128 valence electrons. The second kappa shape index (κ2) is 7.71. The Morgan fingerprint density at radius 2 is 1.87 bits per heavy atom. The van der Waals surface area contributed by atoms with Gasteiger partial charge in [-0.05, 0) is 30.7 Å². The van der Waals surface area contributed by atoms with Crippen LogP contribution >= 0.6 is 0 Å². The standard InChI is InChI=1S/C9H11N.C6H10O7/c1-2-6-9-8(4-1)5-3-7-10-9;7-1-2(8)4(5(10)11)13-6(12)3(1)9/h1-3,5,7,9-10H,4,6H2;1-4,6-9,12H,(H,10,11)/t;1-,2-,3+,4-,6+/m.0/s1. The van der Waals surface area contributed by atoms with Crippen molar-refractivity contribution in [2.45, 2.75) is 49.6 Å². The number of dihydropyridines is 1. The highest BCUT2D eigenvalue weighted by atomic mass is 16.6. The molecule has 0 spiro atoms.